The molecule has 2 aliphatic rings. The van der Waals surface area contributed by atoms with Crippen molar-refractivity contribution in [2.24, 2.45) is 4.99 Å². The van der Waals surface area contributed by atoms with Crippen molar-refractivity contribution in [2.75, 3.05) is 46.5 Å². The number of ether oxygens (including phenoxy) is 2. The molecule has 0 aromatic carbocycles. The van der Waals surface area contributed by atoms with E-state index in [2.05, 4.69) is 23.2 Å². The number of methoxy groups -OCH3 is 1. The van der Waals surface area contributed by atoms with E-state index >= 15 is 0 Å². The Morgan fingerprint density at radius 1 is 1.28 bits per heavy atom. The van der Waals surface area contributed by atoms with E-state index in [4.69, 9.17) is 14.5 Å². The van der Waals surface area contributed by atoms with E-state index in [9.17, 15) is 0 Å². The molecule has 0 aromatic heterocycles. The van der Waals surface area contributed by atoms with Crippen molar-refractivity contribution in [1.82, 2.24) is 10.2 Å². The van der Waals surface area contributed by atoms with E-state index in [0.29, 0.717) is 6.10 Å². The predicted octanol–water partition coefficient (Wildman–Crippen LogP) is 3.36. The number of allylic oxidation sites excluding steroid dienone is 1. The Morgan fingerprint density at radius 3 is 2.80 bits per heavy atom. The maximum Gasteiger partial charge on any atom is 0.193 e. The average Bonchev–Trinajstić information content (AvgIpc) is 2.66. The first-order valence-corrected chi connectivity index (χ1v) is 10.1. The lowest BCUT2D eigenvalue weighted by Gasteiger charge is -2.34. The normalized spacial score (nSPS) is 19.8. The number of piperidine rings is 1. The lowest BCUT2D eigenvalue weighted by atomic mass is 9.97. The topological polar surface area (TPSA) is 46.1 Å². The molecule has 2 rings (SSSR count). The Bertz CT molecular complexity index is 415. The summed E-state index contributed by atoms with van der Waals surface area (Å²) in [5.74, 6) is 1.08. The summed E-state index contributed by atoms with van der Waals surface area (Å²) in [6, 6.07) is 0. The number of hydrogen-bond donors (Lipinski definition) is 1. The summed E-state index contributed by atoms with van der Waals surface area (Å²) in [6.45, 7) is 7.63. The summed E-state index contributed by atoms with van der Waals surface area (Å²) in [5.41, 5.74) is 1.61. The summed E-state index contributed by atoms with van der Waals surface area (Å²) in [5, 5.41) is 3.46. The van der Waals surface area contributed by atoms with Crippen LogP contribution in [0, 0.1) is 0 Å². The minimum absolute atomic E-state index is 0.392. The van der Waals surface area contributed by atoms with Crippen LogP contribution in [-0.2, 0) is 9.47 Å². The number of likely N-dealkylation sites (tertiary alicyclic amines) is 1. The van der Waals surface area contributed by atoms with Crippen molar-refractivity contribution in [3.63, 3.8) is 0 Å². The average molecular weight is 352 g/mol. The third-order valence-electron chi connectivity index (χ3n) is 5.00. The van der Waals surface area contributed by atoms with Crippen LogP contribution < -0.4 is 5.32 Å². The first kappa shape index (κ1) is 20.2. The van der Waals surface area contributed by atoms with E-state index in [1.165, 1.54) is 25.7 Å². The molecule has 0 amide bonds. The second-order valence-electron chi connectivity index (χ2n) is 7.00. The molecule has 0 radical (unpaired) electrons. The predicted molar refractivity (Wildman–Crippen MR) is 104 cm³/mol. The van der Waals surface area contributed by atoms with Crippen molar-refractivity contribution in [3.05, 3.63) is 11.6 Å². The van der Waals surface area contributed by atoms with Gasteiger partial charge in [0.2, 0.25) is 0 Å². The number of guanidine groups is 1. The van der Waals surface area contributed by atoms with Crippen LogP contribution in [0.4, 0.5) is 0 Å². The molecule has 1 aliphatic carbocycles. The van der Waals surface area contributed by atoms with E-state index in [-0.39, 0.29) is 0 Å². The minimum atomic E-state index is 0.392. The van der Waals surface area contributed by atoms with Gasteiger partial charge in [-0.1, -0.05) is 11.6 Å². The minimum Gasteiger partial charge on any atom is -0.385 e. The quantitative estimate of drug-likeness (QED) is 0.299. The van der Waals surface area contributed by atoms with Crippen LogP contribution in [0.3, 0.4) is 0 Å². The van der Waals surface area contributed by atoms with Crippen molar-refractivity contribution in [2.45, 2.75) is 64.4 Å². The van der Waals surface area contributed by atoms with Gasteiger partial charge in [0, 0.05) is 46.5 Å². The smallest absolute Gasteiger partial charge is 0.193 e. The standard InChI is InChI=1S/C20H37N3O2/c1-3-21-20(22-13-10-18-8-5-4-6-9-18)23-14-11-19(12-15-23)25-17-7-16-24-2/h8,19H,3-7,9-17H2,1-2H3,(H,21,22). The zero-order valence-electron chi connectivity index (χ0n) is 16.3. The third-order valence-corrected chi connectivity index (χ3v) is 5.00. The maximum absolute atomic E-state index is 5.96. The molecule has 0 unspecified atom stereocenters. The van der Waals surface area contributed by atoms with E-state index in [1.54, 1.807) is 12.7 Å². The maximum atomic E-state index is 5.96. The van der Waals surface area contributed by atoms with E-state index in [1.807, 2.05) is 0 Å². The number of aliphatic imine (C=N–C) groups is 1. The lowest BCUT2D eigenvalue weighted by Crippen LogP contribution is -2.47. The molecule has 1 fully saturated rings. The van der Waals surface area contributed by atoms with Gasteiger partial charge in [-0.2, -0.15) is 0 Å². The lowest BCUT2D eigenvalue weighted by molar-refractivity contribution is 0.00991. The molecule has 0 aromatic rings. The van der Waals surface area contributed by atoms with Crippen LogP contribution in [0.5, 0.6) is 0 Å². The molecule has 25 heavy (non-hydrogen) atoms. The summed E-state index contributed by atoms with van der Waals surface area (Å²) in [6.07, 6.45) is 12.3. The highest BCUT2D eigenvalue weighted by Crippen LogP contribution is 2.20. The Hall–Kier alpha value is -1.07. The zero-order chi connectivity index (χ0) is 17.7. The van der Waals surface area contributed by atoms with E-state index < -0.39 is 0 Å². The molecule has 1 saturated heterocycles. The van der Waals surface area contributed by atoms with Gasteiger partial charge in [-0.05, 0) is 58.3 Å². The van der Waals surface area contributed by atoms with Gasteiger partial charge < -0.3 is 19.7 Å². The highest BCUT2D eigenvalue weighted by atomic mass is 16.5. The van der Waals surface area contributed by atoms with Gasteiger partial charge in [0.05, 0.1) is 6.10 Å². The summed E-state index contributed by atoms with van der Waals surface area (Å²) in [4.78, 5) is 7.27. The summed E-state index contributed by atoms with van der Waals surface area (Å²) >= 11 is 0. The third kappa shape index (κ3) is 7.78. The Balaban J connectivity index is 1.72. The molecule has 0 saturated carbocycles. The second kappa shape index (κ2) is 12.3. The van der Waals surface area contributed by atoms with Gasteiger partial charge in [-0.15, -0.1) is 0 Å². The molecular weight excluding hydrogens is 314 g/mol. The summed E-state index contributed by atoms with van der Waals surface area (Å²) < 4.78 is 11.0. The highest BCUT2D eigenvalue weighted by molar-refractivity contribution is 5.80. The SMILES string of the molecule is CCNC(=NCCC1=CCCCC1)N1CCC(OCCCOC)CC1. The molecular formula is C20H37N3O2. The number of nitrogens with one attached hydrogen (secondary N) is 1. The monoisotopic (exact) mass is 351 g/mol. The van der Waals surface area contributed by atoms with E-state index in [0.717, 1.165) is 71.0 Å². The second-order valence-corrected chi connectivity index (χ2v) is 7.00. The Kier molecular flexibility index (Phi) is 9.97. The first-order chi connectivity index (χ1) is 12.3. The molecule has 5 heteroatoms. The molecule has 1 N–H and O–H groups in total. The van der Waals surface area contributed by atoms with Crippen LogP contribution >= 0.6 is 0 Å². The highest BCUT2D eigenvalue weighted by Gasteiger charge is 2.21. The number of rotatable bonds is 9. The Labute approximate surface area is 153 Å². The molecule has 0 bridgehead atoms. The largest absolute Gasteiger partial charge is 0.385 e. The molecule has 0 spiro atoms. The van der Waals surface area contributed by atoms with Gasteiger partial charge in [0.25, 0.3) is 0 Å². The first-order valence-electron chi connectivity index (χ1n) is 10.1. The Morgan fingerprint density at radius 2 is 2.12 bits per heavy atom. The van der Waals surface area contributed by atoms with Crippen molar-refractivity contribution >= 4 is 5.96 Å². The van der Waals surface area contributed by atoms with Crippen LogP contribution in [-0.4, -0.2) is 63.5 Å². The van der Waals surface area contributed by atoms with Crippen LogP contribution in [0.2, 0.25) is 0 Å². The molecule has 1 heterocycles. The van der Waals surface area contributed by atoms with Gasteiger partial charge >= 0.3 is 0 Å². The fourth-order valence-electron chi connectivity index (χ4n) is 3.55. The van der Waals surface area contributed by atoms with Crippen molar-refractivity contribution < 1.29 is 9.47 Å². The van der Waals surface area contributed by atoms with Crippen LogP contribution in [0.25, 0.3) is 0 Å². The zero-order valence-corrected chi connectivity index (χ0v) is 16.3. The molecule has 144 valence electrons. The van der Waals surface area contributed by atoms with Crippen LogP contribution in [0.15, 0.2) is 16.6 Å². The molecule has 1 aliphatic heterocycles. The van der Waals surface area contributed by atoms with Gasteiger partial charge in [0.15, 0.2) is 5.96 Å². The van der Waals surface area contributed by atoms with Gasteiger partial charge in [-0.3, -0.25) is 4.99 Å². The van der Waals surface area contributed by atoms with Gasteiger partial charge in [-0.25, -0.2) is 0 Å². The van der Waals surface area contributed by atoms with Gasteiger partial charge in [0.1, 0.15) is 0 Å². The van der Waals surface area contributed by atoms with Crippen molar-refractivity contribution in [3.8, 4) is 0 Å². The molecule has 0 atom stereocenters. The number of nitrogens with zero attached hydrogens (tertiary/aromatic N) is 2. The summed E-state index contributed by atoms with van der Waals surface area (Å²) in [7, 11) is 1.74. The fourth-order valence-corrected chi connectivity index (χ4v) is 3.55. The number of hydrogen-bond acceptors (Lipinski definition) is 3. The van der Waals surface area contributed by atoms with Crippen molar-refractivity contribution in [1.29, 1.82) is 0 Å². The fraction of sp³-hybridized carbons (Fsp3) is 0.850. The molecule has 5 nitrogen and oxygen atoms in total. The van der Waals surface area contributed by atoms with Crippen LogP contribution in [0.1, 0.15) is 58.3 Å².